The Kier molecular flexibility index (Phi) is 3.94. The highest BCUT2D eigenvalue weighted by molar-refractivity contribution is 7.99. The minimum Gasteiger partial charge on any atom is -0.355 e. The highest BCUT2D eigenvalue weighted by atomic mass is 32.2. The molecule has 0 spiro atoms. The van der Waals surface area contributed by atoms with Gasteiger partial charge in [-0.25, -0.2) is 4.98 Å². The van der Waals surface area contributed by atoms with E-state index < -0.39 is 0 Å². The van der Waals surface area contributed by atoms with Gasteiger partial charge in [-0.15, -0.1) is 16.4 Å². The van der Waals surface area contributed by atoms with Gasteiger partial charge < -0.3 is 9.47 Å². The number of H-pyrrole nitrogens is 1. The first kappa shape index (κ1) is 12.2. The molecule has 0 radical (unpaired) electrons. The third-order valence-corrected chi connectivity index (χ3v) is 4.44. The van der Waals surface area contributed by atoms with Gasteiger partial charge in [0.05, 0.1) is 17.6 Å². The molecule has 2 aromatic heterocycles. The largest absolute Gasteiger partial charge is 0.355 e. The van der Waals surface area contributed by atoms with Gasteiger partial charge in [0.25, 0.3) is 0 Å². The lowest BCUT2D eigenvalue weighted by Crippen LogP contribution is -2.25. The fourth-order valence-corrected chi connectivity index (χ4v) is 3.16. The lowest BCUT2D eigenvalue weighted by Gasteiger charge is -2.21. The van der Waals surface area contributed by atoms with Gasteiger partial charge in [-0.05, 0) is 17.9 Å². The predicted octanol–water partition coefficient (Wildman–Crippen LogP) is 2.39. The van der Waals surface area contributed by atoms with E-state index in [0.717, 1.165) is 34.6 Å². The molecule has 2 aromatic rings. The minimum atomic E-state index is 0.243. The van der Waals surface area contributed by atoms with Crippen LogP contribution in [0.5, 0.6) is 0 Å². The first-order valence-electron chi connectivity index (χ1n) is 5.70. The molecule has 0 aromatic carbocycles. The molecule has 3 rings (SSSR count). The summed E-state index contributed by atoms with van der Waals surface area (Å²) in [7, 11) is 0. The number of thioether (sulfide) groups is 1. The summed E-state index contributed by atoms with van der Waals surface area (Å²) in [6.07, 6.45) is 1.18. The Bertz CT molecular complexity index is 480. The Labute approximate surface area is 113 Å². The van der Waals surface area contributed by atoms with Crippen LogP contribution in [-0.4, -0.2) is 40.4 Å². The number of rotatable bonds is 4. The highest BCUT2D eigenvalue weighted by Crippen LogP contribution is 2.24. The number of aromatic amines is 1. The van der Waals surface area contributed by atoms with Crippen molar-refractivity contribution in [3.05, 3.63) is 17.5 Å². The highest BCUT2D eigenvalue weighted by Gasteiger charge is 2.16. The molecule has 3 heterocycles. The van der Waals surface area contributed by atoms with E-state index in [9.17, 15) is 0 Å². The molecule has 7 heteroatoms. The van der Waals surface area contributed by atoms with Crippen molar-refractivity contribution in [2.75, 3.05) is 19.2 Å². The average molecular weight is 283 g/mol. The molecular weight excluding hydrogens is 270 g/mol. The molecule has 1 aliphatic rings. The molecule has 0 saturated carbocycles. The maximum absolute atomic E-state index is 5.47. The monoisotopic (exact) mass is 283 g/mol. The van der Waals surface area contributed by atoms with Crippen LogP contribution in [0, 0.1) is 0 Å². The van der Waals surface area contributed by atoms with Gasteiger partial charge in [0, 0.05) is 5.75 Å². The zero-order valence-electron chi connectivity index (χ0n) is 9.67. The van der Waals surface area contributed by atoms with Gasteiger partial charge in [0.15, 0.2) is 5.82 Å². The number of nitrogens with one attached hydrogen (secondary N) is 1. The van der Waals surface area contributed by atoms with Gasteiger partial charge in [0.2, 0.25) is 5.16 Å². The summed E-state index contributed by atoms with van der Waals surface area (Å²) in [6.45, 7) is 1.18. The van der Waals surface area contributed by atoms with Crippen molar-refractivity contribution in [2.24, 2.45) is 0 Å². The van der Waals surface area contributed by atoms with E-state index in [1.807, 2.05) is 17.5 Å². The smallest absolute Gasteiger partial charge is 0.208 e. The van der Waals surface area contributed by atoms with Crippen LogP contribution >= 0.6 is 23.1 Å². The van der Waals surface area contributed by atoms with E-state index in [2.05, 4.69) is 15.2 Å². The van der Waals surface area contributed by atoms with Crippen molar-refractivity contribution in [3.63, 3.8) is 0 Å². The maximum atomic E-state index is 5.47. The van der Waals surface area contributed by atoms with Crippen LogP contribution in [0.25, 0.3) is 10.7 Å². The minimum absolute atomic E-state index is 0.243. The lowest BCUT2D eigenvalue weighted by molar-refractivity contribution is -0.130. The maximum Gasteiger partial charge on any atom is 0.208 e. The summed E-state index contributed by atoms with van der Waals surface area (Å²) >= 11 is 3.27. The molecule has 0 amide bonds. The predicted molar refractivity (Wildman–Crippen MR) is 70.7 cm³/mol. The van der Waals surface area contributed by atoms with E-state index in [0.29, 0.717) is 6.79 Å². The number of thiophene rings is 1. The number of ether oxygens (including phenoxy) is 2. The summed E-state index contributed by atoms with van der Waals surface area (Å²) < 4.78 is 10.6. The molecule has 0 unspecified atom stereocenters. The first-order chi connectivity index (χ1) is 8.92. The summed E-state index contributed by atoms with van der Waals surface area (Å²) in [5.41, 5.74) is 0. The summed E-state index contributed by atoms with van der Waals surface area (Å²) in [6, 6.07) is 4.03. The standard InChI is InChI=1S/C11H13N3O2S2/c1-2-9(17-5-1)10-12-11(14-13-10)18-6-8-3-4-15-7-16-8/h1-2,5,8H,3-4,6-7H2,(H,12,13,14)/t8-/m1/s1. The van der Waals surface area contributed by atoms with E-state index >= 15 is 0 Å². The van der Waals surface area contributed by atoms with E-state index in [1.54, 1.807) is 23.1 Å². The van der Waals surface area contributed by atoms with Crippen molar-refractivity contribution in [1.82, 2.24) is 15.2 Å². The van der Waals surface area contributed by atoms with E-state index in [-0.39, 0.29) is 6.10 Å². The summed E-state index contributed by atoms with van der Waals surface area (Å²) in [4.78, 5) is 5.57. The van der Waals surface area contributed by atoms with Crippen LogP contribution in [0.3, 0.4) is 0 Å². The third-order valence-electron chi connectivity index (χ3n) is 2.59. The van der Waals surface area contributed by atoms with Crippen LogP contribution in [0.15, 0.2) is 22.7 Å². The molecule has 96 valence electrons. The molecule has 1 aliphatic heterocycles. The summed E-state index contributed by atoms with van der Waals surface area (Å²) in [5, 5.41) is 9.96. The lowest BCUT2D eigenvalue weighted by atomic mass is 10.3. The van der Waals surface area contributed by atoms with Crippen molar-refractivity contribution in [3.8, 4) is 10.7 Å². The SMILES string of the molecule is c1csc(-c2nc(SC[C@H]3CCOCO3)n[nH]2)c1. The quantitative estimate of drug-likeness (QED) is 0.873. The molecule has 1 saturated heterocycles. The van der Waals surface area contributed by atoms with Gasteiger partial charge in [0.1, 0.15) is 6.79 Å². The normalized spacial score (nSPS) is 20.1. The molecule has 1 N–H and O–H groups in total. The fourth-order valence-electron chi connectivity index (χ4n) is 1.63. The zero-order valence-corrected chi connectivity index (χ0v) is 11.3. The van der Waals surface area contributed by atoms with Crippen LogP contribution in [-0.2, 0) is 9.47 Å². The van der Waals surface area contributed by atoms with Gasteiger partial charge in [-0.3, -0.25) is 5.10 Å². The van der Waals surface area contributed by atoms with Crippen molar-refractivity contribution < 1.29 is 9.47 Å². The molecule has 1 atom stereocenters. The van der Waals surface area contributed by atoms with Crippen molar-refractivity contribution in [1.29, 1.82) is 0 Å². The van der Waals surface area contributed by atoms with Gasteiger partial charge in [-0.2, -0.15) is 0 Å². The Morgan fingerprint density at radius 3 is 3.33 bits per heavy atom. The molecular formula is C11H13N3O2S2. The molecule has 5 nitrogen and oxygen atoms in total. The third kappa shape index (κ3) is 2.92. The molecule has 18 heavy (non-hydrogen) atoms. The molecule has 0 bridgehead atoms. The number of nitrogens with zero attached hydrogens (tertiary/aromatic N) is 2. The Balaban J connectivity index is 1.57. The second-order valence-corrected chi connectivity index (χ2v) is 5.79. The van der Waals surface area contributed by atoms with Gasteiger partial charge >= 0.3 is 0 Å². The van der Waals surface area contributed by atoms with Crippen molar-refractivity contribution in [2.45, 2.75) is 17.7 Å². The van der Waals surface area contributed by atoms with E-state index in [1.165, 1.54) is 0 Å². The van der Waals surface area contributed by atoms with Gasteiger partial charge in [-0.1, -0.05) is 17.8 Å². The Hall–Kier alpha value is -0.890. The Morgan fingerprint density at radius 1 is 1.56 bits per heavy atom. The van der Waals surface area contributed by atoms with Crippen molar-refractivity contribution >= 4 is 23.1 Å². The first-order valence-corrected chi connectivity index (χ1v) is 7.57. The number of hydrogen-bond donors (Lipinski definition) is 1. The molecule has 0 aliphatic carbocycles. The van der Waals surface area contributed by atoms with Crippen LogP contribution in [0.1, 0.15) is 6.42 Å². The number of aromatic nitrogens is 3. The Morgan fingerprint density at radius 2 is 2.56 bits per heavy atom. The van der Waals surface area contributed by atoms with Crippen LogP contribution in [0.2, 0.25) is 0 Å². The average Bonchev–Trinajstić information content (AvgIpc) is 3.08. The van der Waals surface area contributed by atoms with Crippen LogP contribution in [0.4, 0.5) is 0 Å². The second-order valence-electron chi connectivity index (χ2n) is 3.86. The molecule has 1 fully saturated rings. The summed E-state index contributed by atoms with van der Waals surface area (Å²) in [5.74, 6) is 1.70. The van der Waals surface area contributed by atoms with E-state index in [4.69, 9.17) is 9.47 Å². The van der Waals surface area contributed by atoms with Crippen LogP contribution < -0.4 is 0 Å². The second kappa shape index (κ2) is 5.83. The number of hydrogen-bond acceptors (Lipinski definition) is 6. The fraction of sp³-hybridized carbons (Fsp3) is 0.455. The zero-order chi connectivity index (χ0) is 12.2. The topological polar surface area (TPSA) is 60.0 Å².